The maximum Gasteiger partial charge on any atom is 0.191 e. The fourth-order valence-corrected chi connectivity index (χ4v) is 1.75. The van der Waals surface area contributed by atoms with E-state index in [0.29, 0.717) is 12.5 Å². The largest absolute Gasteiger partial charge is 0.492 e. The summed E-state index contributed by atoms with van der Waals surface area (Å²) in [6.45, 7) is 8.79. The summed E-state index contributed by atoms with van der Waals surface area (Å²) in [4.78, 5) is 4.14. The monoisotopic (exact) mass is 277 g/mol. The van der Waals surface area contributed by atoms with Gasteiger partial charge in [0.2, 0.25) is 0 Å². The number of hydrogen-bond acceptors (Lipinski definition) is 2. The van der Waals surface area contributed by atoms with Gasteiger partial charge in [0.1, 0.15) is 12.4 Å². The van der Waals surface area contributed by atoms with Gasteiger partial charge in [0.15, 0.2) is 5.96 Å². The second kappa shape index (κ2) is 9.23. The van der Waals surface area contributed by atoms with Gasteiger partial charge in [-0.05, 0) is 30.0 Å². The van der Waals surface area contributed by atoms with Crippen molar-refractivity contribution < 1.29 is 4.74 Å². The minimum absolute atomic E-state index is 0.554. The molecule has 4 heteroatoms. The van der Waals surface area contributed by atoms with Crippen LogP contribution in [-0.2, 0) is 0 Å². The lowest BCUT2D eigenvalue weighted by atomic mass is 10.0. The van der Waals surface area contributed by atoms with Gasteiger partial charge in [-0.15, -0.1) is 0 Å². The molecule has 0 aliphatic heterocycles. The Hall–Kier alpha value is -1.71. The van der Waals surface area contributed by atoms with Gasteiger partial charge in [-0.25, -0.2) is 0 Å². The molecule has 1 rings (SSSR count). The molecule has 0 spiro atoms. The average molecular weight is 277 g/mol. The summed E-state index contributed by atoms with van der Waals surface area (Å²) in [6, 6.07) is 8.29. The van der Waals surface area contributed by atoms with E-state index in [1.54, 1.807) is 7.05 Å². The van der Waals surface area contributed by atoms with Crippen molar-refractivity contribution in [2.75, 3.05) is 26.7 Å². The Kier molecular flexibility index (Phi) is 7.55. The lowest BCUT2D eigenvalue weighted by Crippen LogP contribution is -2.39. The summed E-state index contributed by atoms with van der Waals surface area (Å²) in [7, 11) is 1.77. The standard InChI is InChI=1S/C16H27N3O/c1-5-10-18-16(17-4)19-11-12-20-15-8-6-14(7-9-15)13(2)3/h6-9,13H,5,10-12H2,1-4H3,(H2,17,18,19). The maximum absolute atomic E-state index is 5.69. The lowest BCUT2D eigenvalue weighted by Gasteiger charge is -2.12. The molecule has 112 valence electrons. The molecule has 1 aromatic rings. The second-order valence-electron chi connectivity index (χ2n) is 5.00. The number of hydrogen-bond donors (Lipinski definition) is 2. The molecule has 1 aromatic carbocycles. The minimum Gasteiger partial charge on any atom is -0.492 e. The van der Waals surface area contributed by atoms with Crippen LogP contribution in [-0.4, -0.2) is 32.7 Å². The van der Waals surface area contributed by atoms with E-state index in [9.17, 15) is 0 Å². The van der Waals surface area contributed by atoms with Gasteiger partial charge in [-0.3, -0.25) is 4.99 Å². The Bertz CT molecular complexity index is 399. The third-order valence-electron chi connectivity index (χ3n) is 2.98. The van der Waals surface area contributed by atoms with Gasteiger partial charge in [0.25, 0.3) is 0 Å². The van der Waals surface area contributed by atoms with Crippen LogP contribution in [0.5, 0.6) is 5.75 Å². The second-order valence-corrected chi connectivity index (χ2v) is 5.00. The number of ether oxygens (including phenoxy) is 1. The zero-order chi connectivity index (χ0) is 14.8. The smallest absolute Gasteiger partial charge is 0.191 e. The van der Waals surface area contributed by atoms with Crippen molar-refractivity contribution in [3.8, 4) is 5.75 Å². The van der Waals surface area contributed by atoms with Crippen LogP contribution in [0.1, 0.15) is 38.7 Å². The summed E-state index contributed by atoms with van der Waals surface area (Å²) in [5, 5.41) is 6.44. The van der Waals surface area contributed by atoms with Crippen molar-refractivity contribution in [3.63, 3.8) is 0 Å². The molecule has 0 aliphatic carbocycles. The molecule has 2 N–H and O–H groups in total. The summed E-state index contributed by atoms with van der Waals surface area (Å²) in [5.41, 5.74) is 1.33. The summed E-state index contributed by atoms with van der Waals surface area (Å²) in [5.74, 6) is 2.29. The van der Waals surface area contributed by atoms with Crippen molar-refractivity contribution in [2.45, 2.75) is 33.1 Å². The molecule has 0 bridgehead atoms. The molecule has 0 fully saturated rings. The molecule has 0 saturated carbocycles. The summed E-state index contributed by atoms with van der Waals surface area (Å²) in [6.07, 6.45) is 1.08. The molecule has 0 unspecified atom stereocenters. The Morgan fingerprint density at radius 2 is 1.80 bits per heavy atom. The zero-order valence-corrected chi connectivity index (χ0v) is 13.1. The zero-order valence-electron chi connectivity index (χ0n) is 13.1. The Labute approximate surface area is 122 Å². The number of nitrogens with one attached hydrogen (secondary N) is 2. The normalized spacial score (nSPS) is 11.6. The molecule has 4 nitrogen and oxygen atoms in total. The van der Waals surface area contributed by atoms with E-state index >= 15 is 0 Å². The Morgan fingerprint density at radius 1 is 1.15 bits per heavy atom. The molecule has 0 aliphatic rings. The van der Waals surface area contributed by atoms with Gasteiger partial charge in [0.05, 0.1) is 6.54 Å². The molecule has 0 saturated heterocycles. The molecule has 0 heterocycles. The molecule has 0 aromatic heterocycles. The number of nitrogens with zero attached hydrogens (tertiary/aromatic N) is 1. The highest BCUT2D eigenvalue weighted by Crippen LogP contribution is 2.18. The molecule has 0 atom stereocenters. The number of aliphatic imine (C=N–C) groups is 1. The van der Waals surface area contributed by atoms with Crippen molar-refractivity contribution >= 4 is 5.96 Å². The quantitative estimate of drug-likeness (QED) is 0.457. The van der Waals surface area contributed by atoms with Crippen LogP contribution in [0.2, 0.25) is 0 Å². The van der Waals surface area contributed by atoms with Crippen LogP contribution >= 0.6 is 0 Å². The molecule has 0 radical (unpaired) electrons. The number of benzene rings is 1. The van der Waals surface area contributed by atoms with Crippen LogP contribution in [0.15, 0.2) is 29.3 Å². The third-order valence-corrected chi connectivity index (χ3v) is 2.98. The van der Waals surface area contributed by atoms with Gasteiger partial charge in [0, 0.05) is 13.6 Å². The van der Waals surface area contributed by atoms with Gasteiger partial charge < -0.3 is 15.4 Å². The summed E-state index contributed by atoms with van der Waals surface area (Å²) >= 11 is 0. The fourth-order valence-electron chi connectivity index (χ4n) is 1.75. The summed E-state index contributed by atoms with van der Waals surface area (Å²) < 4.78 is 5.69. The third kappa shape index (κ3) is 5.95. The fraction of sp³-hybridized carbons (Fsp3) is 0.562. The Balaban J connectivity index is 2.26. The SMILES string of the molecule is CCCNC(=NC)NCCOc1ccc(C(C)C)cc1. The van der Waals surface area contributed by atoms with Crippen LogP contribution in [0.25, 0.3) is 0 Å². The maximum atomic E-state index is 5.69. The van der Waals surface area contributed by atoms with Crippen molar-refractivity contribution in [2.24, 2.45) is 4.99 Å². The highest BCUT2D eigenvalue weighted by atomic mass is 16.5. The predicted octanol–water partition coefficient (Wildman–Crippen LogP) is 2.76. The average Bonchev–Trinajstić information content (AvgIpc) is 2.47. The molecule has 20 heavy (non-hydrogen) atoms. The van der Waals surface area contributed by atoms with Gasteiger partial charge in [-0.2, -0.15) is 0 Å². The van der Waals surface area contributed by atoms with Crippen LogP contribution in [0.4, 0.5) is 0 Å². The first kappa shape index (κ1) is 16.3. The molecule has 0 amide bonds. The van der Waals surface area contributed by atoms with E-state index in [-0.39, 0.29) is 0 Å². The van der Waals surface area contributed by atoms with E-state index in [2.05, 4.69) is 48.5 Å². The molecular weight excluding hydrogens is 250 g/mol. The van der Waals surface area contributed by atoms with Gasteiger partial charge >= 0.3 is 0 Å². The van der Waals surface area contributed by atoms with Crippen LogP contribution < -0.4 is 15.4 Å². The topological polar surface area (TPSA) is 45.7 Å². The van der Waals surface area contributed by atoms with Crippen molar-refractivity contribution in [1.29, 1.82) is 0 Å². The minimum atomic E-state index is 0.554. The lowest BCUT2D eigenvalue weighted by molar-refractivity contribution is 0.322. The Morgan fingerprint density at radius 3 is 2.35 bits per heavy atom. The van der Waals surface area contributed by atoms with E-state index in [1.165, 1.54) is 5.56 Å². The number of rotatable bonds is 7. The van der Waals surface area contributed by atoms with E-state index in [1.807, 2.05) is 12.1 Å². The first-order chi connectivity index (χ1) is 9.67. The first-order valence-electron chi connectivity index (χ1n) is 7.34. The van der Waals surface area contributed by atoms with Crippen molar-refractivity contribution in [3.05, 3.63) is 29.8 Å². The van der Waals surface area contributed by atoms with E-state index in [4.69, 9.17) is 4.74 Å². The van der Waals surface area contributed by atoms with E-state index < -0.39 is 0 Å². The van der Waals surface area contributed by atoms with Crippen molar-refractivity contribution in [1.82, 2.24) is 10.6 Å². The van der Waals surface area contributed by atoms with Gasteiger partial charge in [-0.1, -0.05) is 32.9 Å². The van der Waals surface area contributed by atoms with Crippen LogP contribution in [0.3, 0.4) is 0 Å². The number of guanidine groups is 1. The first-order valence-corrected chi connectivity index (χ1v) is 7.34. The molecular formula is C16H27N3O. The van der Waals surface area contributed by atoms with E-state index in [0.717, 1.165) is 31.2 Å². The highest BCUT2D eigenvalue weighted by Gasteiger charge is 2.00. The van der Waals surface area contributed by atoms with Crippen LogP contribution in [0, 0.1) is 0 Å². The predicted molar refractivity (Wildman–Crippen MR) is 85.7 cm³/mol. The highest BCUT2D eigenvalue weighted by molar-refractivity contribution is 5.79.